The summed E-state index contributed by atoms with van der Waals surface area (Å²) in [5, 5.41) is 1.78. The molecule has 1 amide bonds. The third-order valence-electron chi connectivity index (χ3n) is 2.41. The van der Waals surface area contributed by atoms with Crippen molar-refractivity contribution in [2.24, 2.45) is 0 Å². The summed E-state index contributed by atoms with van der Waals surface area (Å²) in [7, 11) is 16.7. The summed E-state index contributed by atoms with van der Waals surface area (Å²) in [6.07, 6.45) is 0. The SMILES string of the molecule is [B]C([B])([B])c1ccc([C@H](C)NC(=O)CBr)cc1. The number of benzene rings is 1. The minimum atomic E-state index is -1.33. The Morgan fingerprint density at radius 2 is 1.88 bits per heavy atom. The van der Waals surface area contributed by atoms with Crippen molar-refractivity contribution in [1.82, 2.24) is 5.32 Å². The van der Waals surface area contributed by atoms with Crippen LogP contribution in [0.25, 0.3) is 0 Å². The van der Waals surface area contributed by atoms with E-state index in [0.717, 1.165) is 5.56 Å². The van der Waals surface area contributed by atoms with Crippen molar-refractivity contribution in [3.8, 4) is 0 Å². The first kappa shape index (κ1) is 14.4. The molecule has 82 valence electrons. The van der Waals surface area contributed by atoms with E-state index in [0.29, 0.717) is 5.56 Å². The molecule has 1 aromatic carbocycles. The van der Waals surface area contributed by atoms with Crippen LogP contribution < -0.4 is 5.32 Å². The number of carbonyl (C=O) groups is 1. The third-order valence-corrected chi connectivity index (χ3v) is 2.92. The zero-order valence-corrected chi connectivity index (χ0v) is 11.2. The molecule has 1 N–H and O–H groups in total. The average Bonchev–Trinajstić information content (AvgIpc) is 2.27. The first-order chi connectivity index (χ1) is 7.84. The van der Waals surface area contributed by atoms with E-state index in [-0.39, 0.29) is 17.3 Å². The van der Waals surface area contributed by atoms with E-state index < -0.39 is 5.11 Å². The van der Waals surface area contributed by atoms with Gasteiger partial charge in [0, 0.05) is 0 Å². The maximum absolute atomic E-state index is 11.2. The molecule has 0 aliphatic rings. The second-order valence-corrected chi connectivity index (χ2v) is 4.54. The molecule has 0 bridgehead atoms. The molecule has 0 unspecified atom stereocenters. The summed E-state index contributed by atoms with van der Waals surface area (Å²) in [5.41, 5.74) is 1.60. The maximum Gasteiger partial charge on any atom is 0.231 e. The van der Waals surface area contributed by atoms with Crippen LogP contribution in [0.2, 0.25) is 0 Å². The Hall–Kier alpha value is -0.635. The highest BCUT2D eigenvalue weighted by atomic mass is 79.9. The van der Waals surface area contributed by atoms with E-state index in [2.05, 4.69) is 21.2 Å². The lowest BCUT2D eigenvalue weighted by atomic mass is 9.40. The van der Waals surface area contributed by atoms with Crippen LogP contribution in [0.5, 0.6) is 0 Å². The molecule has 0 saturated heterocycles. The van der Waals surface area contributed by atoms with Crippen LogP contribution in [0.15, 0.2) is 24.3 Å². The summed E-state index contributed by atoms with van der Waals surface area (Å²) >= 11 is 3.09. The fraction of sp³-hybridized carbons (Fsp3) is 0.364. The molecule has 0 saturated carbocycles. The fourth-order valence-corrected chi connectivity index (χ4v) is 1.59. The van der Waals surface area contributed by atoms with E-state index in [4.69, 9.17) is 23.5 Å². The quantitative estimate of drug-likeness (QED) is 0.646. The van der Waals surface area contributed by atoms with Crippen molar-refractivity contribution in [2.75, 3.05) is 5.33 Å². The molecule has 6 radical (unpaired) electrons. The molecule has 0 heterocycles. The van der Waals surface area contributed by atoms with Gasteiger partial charge in [0.05, 0.1) is 34.9 Å². The van der Waals surface area contributed by atoms with Crippen molar-refractivity contribution >= 4 is 45.4 Å². The fourth-order valence-electron chi connectivity index (χ4n) is 1.42. The summed E-state index contributed by atoms with van der Waals surface area (Å²) in [5.74, 6) is -0.0626. The van der Waals surface area contributed by atoms with Gasteiger partial charge in [0.1, 0.15) is 0 Å². The predicted molar refractivity (Wildman–Crippen MR) is 75.7 cm³/mol. The summed E-state index contributed by atoms with van der Waals surface area (Å²) in [6.45, 7) is 1.90. The highest BCUT2D eigenvalue weighted by Gasteiger charge is 2.13. The largest absolute Gasteiger partial charge is 0.349 e. The Morgan fingerprint density at radius 3 is 2.29 bits per heavy atom. The van der Waals surface area contributed by atoms with Crippen molar-refractivity contribution in [3.05, 3.63) is 35.4 Å². The van der Waals surface area contributed by atoms with Crippen LogP contribution in [0.1, 0.15) is 24.1 Å². The normalized spacial score (nSPS) is 13.1. The highest BCUT2D eigenvalue weighted by molar-refractivity contribution is 9.09. The number of alkyl halides is 1. The van der Waals surface area contributed by atoms with Gasteiger partial charge in [-0.25, -0.2) is 0 Å². The Bertz CT molecular complexity index is 389. The van der Waals surface area contributed by atoms with Crippen LogP contribution in [-0.4, -0.2) is 34.8 Å². The lowest BCUT2D eigenvalue weighted by molar-refractivity contribution is -0.119. The molecule has 6 heteroatoms. The monoisotopic (exact) mass is 285 g/mol. The number of hydrogen-bond acceptors (Lipinski definition) is 1. The molecule has 2 nitrogen and oxygen atoms in total. The Labute approximate surface area is 114 Å². The molecule has 0 aliphatic heterocycles. The van der Waals surface area contributed by atoms with E-state index in [1.165, 1.54) is 0 Å². The van der Waals surface area contributed by atoms with Gasteiger partial charge in [-0.05, 0) is 12.5 Å². The summed E-state index contributed by atoms with van der Waals surface area (Å²) in [4.78, 5) is 11.2. The maximum atomic E-state index is 11.2. The van der Waals surface area contributed by atoms with Crippen molar-refractivity contribution in [1.29, 1.82) is 0 Å². The van der Waals surface area contributed by atoms with Crippen LogP contribution in [0.4, 0.5) is 0 Å². The van der Waals surface area contributed by atoms with Crippen LogP contribution in [0.3, 0.4) is 0 Å². The Kier molecular flexibility index (Phi) is 4.93. The minimum Gasteiger partial charge on any atom is -0.349 e. The summed E-state index contributed by atoms with van der Waals surface area (Å²) < 4.78 is 0. The lowest BCUT2D eigenvalue weighted by Gasteiger charge is -2.21. The number of carbonyl (C=O) groups excluding carboxylic acids is 1. The minimum absolute atomic E-state index is 0.0626. The molecule has 0 aliphatic carbocycles. The van der Waals surface area contributed by atoms with Crippen molar-refractivity contribution in [2.45, 2.75) is 18.1 Å². The molecule has 0 spiro atoms. The van der Waals surface area contributed by atoms with Gasteiger partial charge in [-0.3, -0.25) is 4.79 Å². The molecular weight excluding hydrogens is 274 g/mol. The van der Waals surface area contributed by atoms with Gasteiger partial charge in [-0.1, -0.05) is 45.8 Å². The Balaban J connectivity index is 2.77. The number of amides is 1. The smallest absolute Gasteiger partial charge is 0.231 e. The molecule has 1 aromatic rings. The predicted octanol–water partition coefficient (Wildman–Crippen LogP) is 0.875. The van der Waals surface area contributed by atoms with Gasteiger partial charge in [0.25, 0.3) is 0 Å². The van der Waals surface area contributed by atoms with Gasteiger partial charge in [-0.15, -0.1) is 5.11 Å². The van der Waals surface area contributed by atoms with Crippen LogP contribution >= 0.6 is 15.9 Å². The molecule has 1 rings (SSSR count). The molecule has 1 atom stereocenters. The second kappa shape index (κ2) is 5.81. The molecule has 0 aromatic heterocycles. The van der Waals surface area contributed by atoms with Gasteiger partial charge in [0.15, 0.2) is 0 Å². The first-order valence-electron chi connectivity index (χ1n) is 5.17. The zero-order chi connectivity index (χ0) is 13.1. The van der Waals surface area contributed by atoms with E-state index in [9.17, 15) is 4.79 Å². The Morgan fingerprint density at radius 1 is 1.35 bits per heavy atom. The topological polar surface area (TPSA) is 29.1 Å². The molecule has 17 heavy (non-hydrogen) atoms. The number of nitrogens with one attached hydrogen (secondary N) is 1. The van der Waals surface area contributed by atoms with E-state index in [1.807, 2.05) is 19.1 Å². The molecule has 0 fully saturated rings. The van der Waals surface area contributed by atoms with E-state index in [1.54, 1.807) is 12.1 Å². The molecular formula is C11H11B3BrNO. The van der Waals surface area contributed by atoms with Crippen molar-refractivity contribution in [3.63, 3.8) is 0 Å². The van der Waals surface area contributed by atoms with Crippen molar-refractivity contribution < 1.29 is 4.79 Å². The van der Waals surface area contributed by atoms with Crippen LogP contribution in [0, 0.1) is 0 Å². The highest BCUT2D eigenvalue weighted by Crippen LogP contribution is 2.18. The van der Waals surface area contributed by atoms with Gasteiger partial charge >= 0.3 is 0 Å². The van der Waals surface area contributed by atoms with Crippen LogP contribution in [-0.2, 0) is 9.91 Å². The van der Waals surface area contributed by atoms with E-state index >= 15 is 0 Å². The number of hydrogen-bond donors (Lipinski definition) is 1. The third kappa shape index (κ3) is 4.27. The number of halogens is 1. The second-order valence-electron chi connectivity index (χ2n) is 3.98. The average molecular weight is 286 g/mol. The van der Waals surface area contributed by atoms with Gasteiger partial charge < -0.3 is 5.32 Å². The zero-order valence-electron chi connectivity index (χ0n) is 9.61. The standard InChI is InChI=1S/C11H11B3BrNO/c1-7(16-10(17)6-15)8-2-4-9(5-3-8)11(12,13)14/h2-5,7H,6H2,1H3,(H,16,17)/t7-/m0/s1. The van der Waals surface area contributed by atoms with Gasteiger partial charge in [-0.2, -0.15) is 0 Å². The lowest BCUT2D eigenvalue weighted by Crippen LogP contribution is -2.28. The first-order valence-corrected chi connectivity index (χ1v) is 6.29. The van der Waals surface area contributed by atoms with Gasteiger partial charge in [0.2, 0.25) is 5.91 Å². The number of rotatable bonds is 4. The summed E-state index contributed by atoms with van der Waals surface area (Å²) in [6, 6.07) is 7.13.